The smallest absolute Gasteiger partial charge is 0.0705 e. The molecule has 1 aromatic carbocycles. The van der Waals surface area contributed by atoms with Gasteiger partial charge in [0, 0.05) is 25.0 Å². The number of hydrogen-bond donors (Lipinski definition) is 1. The maximum absolute atomic E-state index is 5.35. The molecule has 0 aliphatic carbocycles. The van der Waals surface area contributed by atoms with Crippen LogP contribution in [0.2, 0.25) is 0 Å². The Bertz CT molecular complexity index is 567. The minimum atomic E-state index is 0.841. The summed E-state index contributed by atoms with van der Waals surface area (Å²) in [6.07, 6.45) is 1.17. The maximum Gasteiger partial charge on any atom is 0.0705 e. The summed E-state index contributed by atoms with van der Waals surface area (Å²) >= 11 is 0. The molecule has 1 aromatic heterocycles. The molecule has 0 amide bonds. The van der Waals surface area contributed by atoms with Gasteiger partial charge in [-0.15, -0.1) is 0 Å². The quantitative estimate of drug-likeness (QED) is 0.824. The zero-order chi connectivity index (χ0) is 14.3. The Hall–Kier alpha value is -1.49. The molecule has 112 valence electrons. The van der Waals surface area contributed by atoms with Gasteiger partial charge in [-0.05, 0) is 31.6 Å². The van der Waals surface area contributed by atoms with E-state index in [2.05, 4.69) is 39.5 Å². The van der Waals surface area contributed by atoms with E-state index >= 15 is 0 Å². The molecule has 1 N–H and O–H groups in total. The Morgan fingerprint density at radius 2 is 1.95 bits per heavy atom. The fourth-order valence-corrected chi connectivity index (χ4v) is 2.68. The van der Waals surface area contributed by atoms with Crippen molar-refractivity contribution in [3.05, 3.63) is 42.1 Å². The molecule has 1 saturated heterocycles. The first-order chi connectivity index (χ1) is 10.4. The van der Waals surface area contributed by atoms with Crippen LogP contribution in [0.4, 0.5) is 0 Å². The van der Waals surface area contributed by atoms with Gasteiger partial charge in [-0.2, -0.15) is 0 Å². The molecule has 4 heteroatoms. The predicted octanol–water partition coefficient (Wildman–Crippen LogP) is 2.05. The highest BCUT2D eigenvalue weighted by Crippen LogP contribution is 2.11. The molecule has 3 rings (SSSR count). The second kappa shape index (κ2) is 7.50. The first-order valence-electron chi connectivity index (χ1n) is 7.77. The van der Waals surface area contributed by atoms with E-state index in [-0.39, 0.29) is 0 Å². The van der Waals surface area contributed by atoms with Gasteiger partial charge in [-0.1, -0.05) is 24.3 Å². The lowest BCUT2D eigenvalue weighted by Gasteiger charge is -2.26. The number of benzene rings is 1. The highest BCUT2D eigenvalue weighted by atomic mass is 16.5. The van der Waals surface area contributed by atoms with Gasteiger partial charge in [0.15, 0.2) is 0 Å². The molecule has 0 radical (unpaired) electrons. The van der Waals surface area contributed by atoms with E-state index in [0.717, 1.165) is 57.1 Å². The van der Waals surface area contributed by atoms with Crippen molar-refractivity contribution >= 4 is 10.9 Å². The number of rotatable bonds is 6. The van der Waals surface area contributed by atoms with Crippen LogP contribution in [-0.2, 0) is 11.3 Å². The number of fused-ring (bicyclic) bond motifs is 1. The van der Waals surface area contributed by atoms with Gasteiger partial charge < -0.3 is 10.1 Å². The van der Waals surface area contributed by atoms with Crippen LogP contribution >= 0.6 is 0 Å². The van der Waals surface area contributed by atoms with Gasteiger partial charge in [-0.3, -0.25) is 9.88 Å². The van der Waals surface area contributed by atoms with Gasteiger partial charge in [0.25, 0.3) is 0 Å². The normalized spacial score (nSPS) is 16.4. The van der Waals surface area contributed by atoms with Crippen molar-refractivity contribution in [2.75, 3.05) is 39.4 Å². The summed E-state index contributed by atoms with van der Waals surface area (Å²) in [5, 5.41) is 4.69. The van der Waals surface area contributed by atoms with Crippen molar-refractivity contribution in [3.8, 4) is 0 Å². The molecule has 1 fully saturated rings. The molecular formula is C17H23N3O. The van der Waals surface area contributed by atoms with Crippen LogP contribution in [0.3, 0.4) is 0 Å². The van der Waals surface area contributed by atoms with Gasteiger partial charge in [0.2, 0.25) is 0 Å². The molecular weight excluding hydrogens is 262 g/mol. The highest BCUT2D eigenvalue weighted by molar-refractivity contribution is 5.78. The monoisotopic (exact) mass is 285 g/mol. The second-order valence-electron chi connectivity index (χ2n) is 5.48. The fraction of sp³-hybridized carbons (Fsp3) is 0.471. The summed E-state index contributed by atoms with van der Waals surface area (Å²) in [5.74, 6) is 0. The lowest BCUT2D eigenvalue weighted by Crippen LogP contribution is -2.37. The number of morpholine rings is 1. The number of ether oxygens (including phenoxy) is 1. The Morgan fingerprint density at radius 1 is 1.10 bits per heavy atom. The van der Waals surface area contributed by atoms with E-state index in [9.17, 15) is 0 Å². The van der Waals surface area contributed by atoms with Gasteiger partial charge in [0.05, 0.1) is 24.4 Å². The molecule has 0 saturated carbocycles. The van der Waals surface area contributed by atoms with Gasteiger partial charge in [0.1, 0.15) is 0 Å². The second-order valence-corrected chi connectivity index (χ2v) is 5.48. The van der Waals surface area contributed by atoms with E-state index in [4.69, 9.17) is 4.74 Å². The number of aromatic nitrogens is 1. The average molecular weight is 285 g/mol. The van der Waals surface area contributed by atoms with Crippen LogP contribution in [0.25, 0.3) is 10.9 Å². The van der Waals surface area contributed by atoms with Crippen LogP contribution in [0.5, 0.6) is 0 Å². The first kappa shape index (κ1) is 14.4. The summed E-state index contributed by atoms with van der Waals surface area (Å²) in [4.78, 5) is 7.14. The SMILES string of the molecule is c1ccc2nc(CNCCCN3CCOCC3)ccc2c1. The van der Waals surface area contributed by atoms with Crippen molar-refractivity contribution in [1.82, 2.24) is 15.2 Å². The number of hydrogen-bond acceptors (Lipinski definition) is 4. The van der Waals surface area contributed by atoms with Crippen molar-refractivity contribution < 1.29 is 4.74 Å². The first-order valence-corrected chi connectivity index (χ1v) is 7.77. The average Bonchev–Trinajstić information content (AvgIpc) is 2.55. The Morgan fingerprint density at radius 3 is 2.86 bits per heavy atom. The maximum atomic E-state index is 5.35. The third kappa shape index (κ3) is 4.24. The topological polar surface area (TPSA) is 37.4 Å². The van der Waals surface area contributed by atoms with Gasteiger partial charge in [-0.25, -0.2) is 0 Å². The standard InChI is InChI=1S/C17H23N3O/c1-2-5-17-15(4-1)6-7-16(19-17)14-18-8-3-9-20-10-12-21-13-11-20/h1-2,4-7,18H,3,8-14H2. The largest absolute Gasteiger partial charge is 0.379 e. The Labute approximate surface area is 126 Å². The molecule has 0 spiro atoms. The van der Waals surface area contributed by atoms with E-state index < -0.39 is 0 Å². The van der Waals surface area contributed by atoms with Crippen LogP contribution in [-0.4, -0.2) is 49.3 Å². The summed E-state index contributed by atoms with van der Waals surface area (Å²) in [5.41, 5.74) is 2.19. The Balaban J connectivity index is 1.39. The van der Waals surface area contributed by atoms with Crippen LogP contribution in [0.15, 0.2) is 36.4 Å². The molecule has 1 aliphatic rings. The molecule has 0 bridgehead atoms. The molecule has 2 heterocycles. The number of nitrogens with zero attached hydrogens (tertiary/aromatic N) is 2. The summed E-state index contributed by atoms with van der Waals surface area (Å²) < 4.78 is 5.35. The minimum absolute atomic E-state index is 0.841. The number of nitrogens with one attached hydrogen (secondary N) is 1. The summed E-state index contributed by atoms with van der Waals surface area (Å²) in [6.45, 7) is 6.95. The van der Waals surface area contributed by atoms with Crippen molar-refractivity contribution in [2.24, 2.45) is 0 Å². The van der Waals surface area contributed by atoms with Crippen molar-refractivity contribution in [3.63, 3.8) is 0 Å². The highest BCUT2D eigenvalue weighted by Gasteiger charge is 2.08. The Kier molecular flexibility index (Phi) is 5.16. The lowest BCUT2D eigenvalue weighted by atomic mass is 10.2. The number of para-hydroxylation sites is 1. The van der Waals surface area contributed by atoms with Crippen LogP contribution < -0.4 is 5.32 Å². The van der Waals surface area contributed by atoms with Crippen LogP contribution in [0, 0.1) is 0 Å². The molecule has 4 nitrogen and oxygen atoms in total. The lowest BCUT2D eigenvalue weighted by molar-refractivity contribution is 0.0374. The molecule has 0 unspecified atom stereocenters. The zero-order valence-corrected chi connectivity index (χ0v) is 12.4. The molecule has 2 aromatic rings. The van der Waals surface area contributed by atoms with E-state index in [1.54, 1.807) is 0 Å². The minimum Gasteiger partial charge on any atom is -0.379 e. The third-order valence-corrected chi connectivity index (χ3v) is 3.89. The molecule has 21 heavy (non-hydrogen) atoms. The predicted molar refractivity (Wildman–Crippen MR) is 85.3 cm³/mol. The van der Waals surface area contributed by atoms with Crippen molar-refractivity contribution in [2.45, 2.75) is 13.0 Å². The molecule has 1 aliphatic heterocycles. The number of pyridine rings is 1. The van der Waals surface area contributed by atoms with E-state index in [1.165, 1.54) is 11.8 Å². The summed E-state index contributed by atoms with van der Waals surface area (Å²) in [6, 6.07) is 12.5. The van der Waals surface area contributed by atoms with E-state index in [1.807, 2.05) is 12.1 Å². The fourth-order valence-electron chi connectivity index (χ4n) is 2.68. The van der Waals surface area contributed by atoms with Gasteiger partial charge >= 0.3 is 0 Å². The van der Waals surface area contributed by atoms with Crippen LogP contribution in [0.1, 0.15) is 12.1 Å². The molecule has 0 atom stereocenters. The third-order valence-electron chi connectivity index (χ3n) is 3.89. The van der Waals surface area contributed by atoms with E-state index in [0.29, 0.717) is 0 Å². The summed E-state index contributed by atoms with van der Waals surface area (Å²) in [7, 11) is 0. The van der Waals surface area contributed by atoms with Crippen molar-refractivity contribution in [1.29, 1.82) is 0 Å². The zero-order valence-electron chi connectivity index (χ0n) is 12.4.